The average molecular weight is 485 g/mol. The van der Waals surface area contributed by atoms with Crippen LogP contribution < -0.4 is 10.6 Å². The fraction of sp³-hybridized carbons (Fsp3) is 0.333. The van der Waals surface area contributed by atoms with Crippen LogP contribution in [0.5, 0.6) is 0 Å². The first-order valence-electron chi connectivity index (χ1n) is 10.7. The second-order valence-corrected chi connectivity index (χ2v) is 9.72. The summed E-state index contributed by atoms with van der Waals surface area (Å²) in [5.74, 6) is -0.413. The number of H-pyrrole nitrogens is 1. The molecule has 9 heteroatoms. The van der Waals surface area contributed by atoms with Crippen LogP contribution in [-0.2, 0) is 22.6 Å². The number of ether oxygens (including phenoxy) is 1. The molecular formula is C24H28N4O3S2. The van der Waals surface area contributed by atoms with Crippen LogP contribution in [0.3, 0.4) is 0 Å². The van der Waals surface area contributed by atoms with Gasteiger partial charge in [0.05, 0.1) is 12.1 Å². The van der Waals surface area contributed by atoms with Crippen molar-refractivity contribution in [2.24, 2.45) is 11.8 Å². The molecule has 0 aliphatic carbocycles. The summed E-state index contributed by atoms with van der Waals surface area (Å²) in [5, 5.41) is 13.9. The van der Waals surface area contributed by atoms with E-state index in [-0.39, 0.29) is 18.6 Å². The van der Waals surface area contributed by atoms with Crippen molar-refractivity contribution in [3.8, 4) is 0 Å². The Hall–Kier alpha value is -3.04. The number of hydrogen-bond acceptors (Lipinski definition) is 7. The Labute approximate surface area is 202 Å². The molecule has 0 fully saturated rings. The average Bonchev–Trinajstić information content (AvgIpc) is 3.24. The Balaban J connectivity index is 1.81. The number of benzene rings is 2. The Kier molecular flexibility index (Phi) is 9.14. The minimum atomic E-state index is -0.578. The number of aldehydes is 1. The van der Waals surface area contributed by atoms with Crippen LogP contribution in [-0.4, -0.2) is 34.7 Å². The quantitative estimate of drug-likeness (QED) is 0.262. The Morgan fingerprint density at radius 1 is 1.09 bits per heavy atom. The van der Waals surface area contributed by atoms with Gasteiger partial charge < -0.3 is 20.2 Å². The van der Waals surface area contributed by atoms with Gasteiger partial charge in [-0.1, -0.05) is 85.8 Å². The number of carbonyl (C=O) groups excluding carboxylic acids is 2. The molecule has 0 bridgehead atoms. The van der Waals surface area contributed by atoms with E-state index in [0.29, 0.717) is 15.5 Å². The van der Waals surface area contributed by atoms with Crippen LogP contribution in [0, 0.1) is 15.8 Å². The Bertz CT molecular complexity index is 1070. The number of hydrogen-bond donors (Lipinski definition) is 3. The molecule has 1 heterocycles. The monoisotopic (exact) mass is 484 g/mol. The van der Waals surface area contributed by atoms with E-state index >= 15 is 0 Å². The van der Waals surface area contributed by atoms with Gasteiger partial charge >= 0.3 is 6.09 Å². The smallest absolute Gasteiger partial charge is 0.407 e. The summed E-state index contributed by atoms with van der Waals surface area (Å²) in [6, 6.07) is 18.4. The van der Waals surface area contributed by atoms with Gasteiger partial charge in [0.2, 0.25) is 5.13 Å². The summed E-state index contributed by atoms with van der Waals surface area (Å²) in [5.41, 5.74) is 1.90. The van der Waals surface area contributed by atoms with Crippen molar-refractivity contribution >= 4 is 41.1 Å². The highest BCUT2D eigenvalue weighted by atomic mass is 32.1. The number of nitrogens with zero attached hydrogens (tertiary/aromatic N) is 1. The highest BCUT2D eigenvalue weighted by Gasteiger charge is 2.34. The lowest BCUT2D eigenvalue weighted by atomic mass is 9.84. The van der Waals surface area contributed by atoms with Gasteiger partial charge in [-0.3, -0.25) is 5.10 Å². The van der Waals surface area contributed by atoms with E-state index in [1.807, 2.05) is 74.5 Å². The van der Waals surface area contributed by atoms with Gasteiger partial charge in [0, 0.05) is 5.92 Å². The van der Waals surface area contributed by atoms with Gasteiger partial charge in [0.25, 0.3) is 0 Å². The largest absolute Gasteiger partial charge is 0.445 e. The third-order valence-electron chi connectivity index (χ3n) is 5.28. The molecule has 1 aromatic heterocycles. The molecule has 3 rings (SSSR count). The number of carbonyl (C=O) groups is 2. The minimum absolute atomic E-state index is 0.0696. The highest BCUT2D eigenvalue weighted by molar-refractivity contribution is 7.73. The zero-order chi connectivity index (χ0) is 23.6. The van der Waals surface area contributed by atoms with Crippen molar-refractivity contribution in [3.05, 3.63) is 75.7 Å². The van der Waals surface area contributed by atoms with E-state index in [1.165, 1.54) is 11.3 Å². The number of rotatable bonds is 11. The molecule has 0 saturated heterocycles. The third-order valence-corrected chi connectivity index (χ3v) is 6.30. The maximum Gasteiger partial charge on any atom is 0.407 e. The molecular weight excluding hydrogens is 456 g/mol. The third kappa shape index (κ3) is 7.50. The van der Waals surface area contributed by atoms with Crippen LogP contribution in [0.2, 0.25) is 0 Å². The zero-order valence-electron chi connectivity index (χ0n) is 18.6. The summed E-state index contributed by atoms with van der Waals surface area (Å²) in [6.07, 6.45) is 0.805. The van der Waals surface area contributed by atoms with Crippen molar-refractivity contribution < 1.29 is 14.3 Å². The molecule has 0 aliphatic heterocycles. The molecule has 0 spiro atoms. The fourth-order valence-corrected chi connectivity index (χ4v) is 4.45. The lowest BCUT2D eigenvalue weighted by molar-refractivity contribution is -0.112. The van der Waals surface area contributed by atoms with E-state index in [0.717, 1.165) is 17.4 Å². The fourth-order valence-electron chi connectivity index (χ4n) is 3.62. The van der Waals surface area contributed by atoms with E-state index in [1.54, 1.807) is 0 Å². The molecule has 3 aromatic rings. The lowest BCUT2D eigenvalue weighted by Gasteiger charge is -2.34. The number of amides is 1. The predicted octanol–water partition coefficient (Wildman–Crippen LogP) is 4.99. The molecule has 0 radical (unpaired) electrons. The normalized spacial score (nSPS) is 13.7. The first-order valence-corrected chi connectivity index (χ1v) is 12.0. The highest BCUT2D eigenvalue weighted by Crippen LogP contribution is 2.23. The summed E-state index contributed by atoms with van der Waals surface area (Å²) in [6.45, 7) is 4.19. The number of alkyl carbamates (subject to hydrolysis) is 1. The van der Waals surface area contributed by atoms with Crippen molar-refractivity contribution in [3.63, 3.8) is 0 Å². The maximum absolute atomic E-state index is 12.8. The topological polar surface area (TPSA) is 96.1 Å². The molecule has 3 atom stereocenters. The van der Waals surface area contributed by atoms with Gasteiger partial charge in [-0.15, -0.1) is 5.10 Å². The first-order chi connectivity index (χ1) is 16.0. The van der Waals surface area contributed by atoms with Gasteiger partial charge in [-0.05, 0) is 35.7 Å². The molecule has 0 saturated carbocycles. The van der Waals surface area contributed by atoms with Crippen molar-refractivity contribution in [1.82, 2.24) is 15.5 Å². The van der Waals surface area contributed by atoms with Crippen LogP contribution in [0.1, 0.15) is 25.0 Å². The van der Waals surface area contributed by atoms with E-state index < -0.39 is 18.1 Å². The molecule has 3 N–H and O–H groups in total. The molecule has 2 aromatic carbocycles. The van der Waals surface area contributed by atoms with Gasteiger partial charge in [-0.25, -0.2) is 4.79 Å². The number of aromatic amines is 1. The molecule has 3 unspecified atom stereocenters. The number of anilines is 1. The standard InChI is InChI=1S/C24H28N4O3S2/c1-16(2)20(25-22-27-28-24(32)33-22)21(19(14-29)13-17-9-5-3-6-10-17)26-23(30)31-15-18-11-7-4-8-12-18/h3-12,14,16,19-21H,13,15H2,1-2H3,(H,25,27)(H,26,30)(H,28,32). The van der Waals surface area contributed by atoms with E-state index in [9.17, 15) is 9.59 Å². The van der Waals surface area contributed by atoms with Crippen LogP contribution in [0.15, 0.2) is 60.7 Å². The SMILES string of the molecule is CC(C)C(Nc1n[nH]c(=S)s1)C(NC(=O)OCc1ccccc1)C(C=O)Cc1ccccc1. The number of nitrogens with one attached hydrogen (secondary N) is 3. The van der Waals surface area contributed by atoms with Gasteiger partial charge in [-0.2, -0.15) is 0 Å². The molecule has 7 nitrogen and oxygen atoms in total. The summed E-state index contributed by atoms with van der Waals surface area (Å²) in [7, 11) is 0. The summed E-state index contributed by atoms with van der Waals surface area (Å²) >= 11 is 6.45. The second-order valence-electron chi connectivity index (χ2n) is 8.05. The zero-order valence-corrected chi connectivity index (χ0v) is 20.2. The lowest BCUT2D eigenvalue weighted by Crippen LogP contribution is -2.54. The minimum Gasteiger partial charge on any atom is -0.445 e. The molecule has 1 amide bonds. The maximum atomic E-state index is 12.8. The summed E-state index contributed by atoms with van der Waals surface area (Å²) < 4.78 is 6.00. The Morgan fingerprint density at radius 3 is 2.27 bits per heavy atom. The van der Waals surface area contributed by atoms with Crippen molar-refractivity contribution in [2.75, 3.05) is 5.32 Å². The molecule has 0 aliphatic rings. The van der Waals surface area contributed by atoms with Crippen LogP contribution in [0.25, 0.3) is 0 Å². The van der Waals surface area contributed by atoms with E-state index in [2.05, 4.69) is 20.8 Å². The van der Waals surface area contributed by atoms with Crippen molar-refractivity contribution in [1.29, 1.82) is 0 Å². The molecule has 33 heavy (non-hydrogen) atoms. The van der Waals surface area contributed by atoms with Gasteiger partial charge in [0.1, 0.15) is 12.9 Å². The van der Waals surface area contributed by atoms with Crippen LogP contribution >= 0.6 is 23.6 Å². The molecule has 174 valence electrons. The predicted molar refractivity (Wildman–Crippen MR) is 133 cm³/mol. The second kappa shape index (κ2) is 12.3. The Morgan fingerprint density at radius 2 is 1.73 bits per heavy atom. The van der Waals surface area contributed by atoms with Crippen molar-refractivity contribution in [2.45, 2.75) is 39.0 Å². The van der Waals surface area contributed by atoms with E-state index in [4.69, 9.17) is 17.0 Å². The van der Waals surface area contributed by atoms with Crippen LogP contribution in [0.4, 0.5) is 9.93 Å². The first kappa shape index (κ1) is 24.6. The number of aromatic nitrogens is 2. The van der Waals surface area contributed by atoms with Gasteiger partial charge in [0.15, 0.2) is 3.95 Å². The summed E-state index contributed by atoms with van der Waals surface area (Å²) in [4.78, 5) is 25.0.